The summed E-state index contributed by atoms with van der Waals surface area (Å²) >= 11 is 0. The topological polar surface area (TPSA) is 34.1 Å². The molecule has 0 unspecified atom stereocenters. The summed E-state index contributed by atoms with van der Waals surface area (Å²) in [6.07, 6.45) is -3.08. The van der Waals surface area contributed by atoms with Crippen molar-refractivity contribution in [2.45, 2.75) is 19.6 Å². The van der Waals surface area contributed by atoms with Gasteiger partial charge in [-0.25, -0.2) is 0 Å². The molecular formula is C15H15F3N2O. The zero-order chi connectivity index (χ0) is 15.5. The minimum atomic E-state index is -4.47. The van der Waals surface area contributed by atoms with Gasteiger partial charge in [-0.15, -0.1) is 0 Å². The highest BCUT2D eigenvalue weighted by Gasteiger charge is 2.34. The van der Waals surface area contributed by atoms with Crippen molar-refractivity contribution in [2.24, 2.45) is 0 Å². The highest BCUT2D eigenvalue weighted by molar-refractivity contribution is 5.42. The first-order valence-electron chi connectivity index (χ1n) is 6.35. The first kappa shape index (κ1) is 15.3. The number of hydrogen-bond acceptors (Lipinski definition) is 3. The van der Waals surface area contributed by atoms with Gasteiger partial charge in [0.05, 0.1) is 11.8 Å². The Hall–Kier alpha value is -2.08. The quantitative estimate of drug-likeness (QED) is 0.928. The van der Waals surface area contributed by atoms with Crippen molar-refractivity contribution in [2.75, 3.05) is 7.05 Å². The van der Waals surface area contributed by atoms with Crippen molar-refractivity contribution in [3.05, 3.63) is 53.3 Å². The number of pyridine rings is 1. The van der Waals surface area contributed by atoms with Gasteiger partial charge in [0.1, 0.15) is 11.5 Å². The van der Waals surface area contributed by atoms with Crippen LogP contribution in [0.25, 0.3) is 0 Å². The number of nitrogens with one attached hydrogen (secondary N) is 1. The number of alkyl halides is 3. The maximum Gasteiger partial charge on any atom is 0.419 e. The lowest BCUT2D eigenvalue weighted by molar-refractivity contribution is -0.138. The van der Waals surface area contributed by atoms with Crippen LogP contribution in [-0.2, 0) is 12.7 Å². The molecule has 0 aliphatic rings. The molecule has 112 valence electrons. The predicted octanol–water partition coefficient (Wildman–Crippen LogP) is 3.92. The Morgan fingerprint density at radius 2 is 1.95 bits per heavy atom. The van der Waals surface area contributed by atoms with Crippen LogP contribution in [0.2, 0.25) is 0 Å². The Bertz CT molecular complexity index is 609. The fraction of sp³-hybridized carbons (Fsp3) is 0.267. The SMILES string of the molecule is CNCc1ccc(Oc2ccc(C)nc2)c(C(F)(F)F)c1. The lowest BCUT2D eigenvalue weighted by Gasteiger charge is -2.15. The molecule has 1 aromatic carbocycles. The van der Waals surface area contributed by atoms with E-state index in [1.165, 1.54) is 12.3 Å². The van der Waals surface area contributed by atoms with Gasteiger partial charge < -0.3 is 10.1 Å². The van der Waals surface area contributed by atoms with Gasteiger partial charge in [0.15, 0.2) is 0 Å². The van der Waals surface area contributed by atoms with E-state index >= 15 is 0 Å². The minimum absolute atomic E-state index is 0.229. The van der Waals surface area contributed by atoms with Crippen molar-refractivity contribution in [3.63, 3.8) is 0 Å². The third kappa shape index (κ3) is 3.95. The van der Waals surface area contributed by atoms with E-state index in [0.29, 0.717) is 12.1 Å². The van der Waals surface area contributed by atoms with Crippen LogP contribution in [0.1, 0.15) is 16.8 Å². The number of nitrogens with zero attached hydrogens (tertiary/aromatic N) is 1. The molecule has 0 radical (unpaired) electrons. The van der Waals surface area contributed by atoms with Crippen molar-refractivity contribution in [1.82, 2.24) is 10.3 Å². The Morgan fingerprint density at radius 3 is 2.52 bits per heavy atom. The third-order valence-corrected chi connectivity index (χ3v) is 2.84. The summed E-state index contributed by atoms with van der Waals surface area (Å²) in [7, 11) is 1.68. The predicted molar refractivity (Wildman–Crippen MR) is 73.3 cm³/mol. The highest BCUT2D eigenvalue weighted by Crippen LogP contribution is 2.38. The van der Waals surface area contributed by atoms with E-state index in [2.05, 4.69) is 10.3 Å². The van der Waals surface area contributed by atoms with E-state index in [-0.39, 0.29) is 11.5 Å². The standard InChI is InChI=1S/C15H15F3N2O/c1-10-3-5-12(9-20-10)21-14-6-4-11(8-19-2)7-13(14)15(16,17)18/h3-7,9,19H,8H2,1-2H3. The Labute approximate surface area is 120 Å². The molecule has 2 aromatic rings. The fourth-order valence-corrected chi connectivity index (χ4v) is 1.84. The summed E-state index contributed by atoms with van der Waals surface area (Å²) in [5.74, 6) is 0.0421. The molecule has 0 bridgehead atoms. The second-order valence-corrected chi connectivity index (χ2v) is 4.60. The molecule has 21 heavy (non-hydrogen) atoms. The van der Waals surface area contributed by atoms with E-state index in [0.717, 1.165) is 11.8 Å². The summed E-state index contributed by atoms with van der Waals surface area (Å²) in [6, 6.07) is 7.29. The smallest absolute Gasteiger partial charge is 0.419 e. The summed E-state index contributed by atoms with van der Waals surface area (Å²) in [5, 5.41) is 2.82. The molecular weight excluding hydrogens is 281 g/mol. The normalized spacial score (nSPS) is 11.5. The van der Waals surface area contributed by atoms with Gasteiger partial charge in [-0.1, -0.05) is 6.07 Å². The van der Waals surface area contributed by atoms with Gasteiger partial charge in [-0.3, -0.25) is 4.98 Å². The molecule has 1 heterocycles. The lowest BCUT2D eigenvalue weighted by atomic mass is 10.1. The second-order valence-electron chi connectivity index (χ2n) is 4.60. The zero-order valence-electron chi connectivity index (χ0n) is 11.7. The Morgan fingerprint density at radius 1 is 1.19 bits per heavy atom. The number of aromatic nitrogens is 1. The molecule has 0 aliphatic carbocycles. The molecule has 0 fully saturated rings. The first-order valence-corrected chi connectivity index (χ1v) is 6.35. The van der Waals surface area contributed by atoms with Gasteiger partial charge in [0.2, 0.25) is 0 Å². The van der Waals surface area contributed by atoms with E-state index < -0.39 is 11.7 Å². The van der Waals surface area contributed by atoms with Crippen LogP contribution in [0.3, 0.4) is 0 Å². The van der Waals surface area contributed by atoms with Crippen molar-refractivity contribution in [1.29, 1.82) is 0 Å². The molecule has 2 rings (SSSR count). The molecule has 1 aromatic heterocycles. The molecule has 1 N–H and O–H groups in total. The summed E-state index contributed by atoms with van der Waals surface area (Å²) in [4.78, 5) is 4.00. The number of halogens is 3. The van der Waals surface area contributed by atoms with Gasteiger partial charge in [0.25, 0.3) is 0 Å². The summed E-state index contributed by atoms with van der Waals surface area (Å²) < 4.78 is 44.7. The van der Waals surface area contributed by atoms with E-state index in [4.69, 9.17) is 4.74 Å². The molecule has 0 spiro atoms. The molecule has 3 nitrogen and oxygen atoms in total. The zero-order valence-corrected chi connectivity index (χ0v) is 11.7. The first-order chi connectivity index (χ1) is 9.90. The highest BCUT2D eigenvalue weighted by atomic mass is 19.4. The van der Waals surface area contributed by atoms with Gasteiger partial charge >= 0.3 is 6.18 Å². The molecule has 0 saturated heterocycles. The average molecular weight is 296 g/mol. The largest absolute Gasteiger partial charge is 0.455 e. The van der Waals surface area contributed by atoms with E-state index in [1.807, 2.05) is 0 Å². The van der Waals surface area contributed by atoms with Crippen molar-refractivity contribution in [3.8, 4) is 11.5 Å². The van der Waals surface area contributed by atoms with Crippen molar-refractivity contribution < 1.29 is 17.9 Å². The monoisotopic (exact) mass is 296 g/mol. The molecule has 0 atom stereocenters. The van der Waals surface area contributed by atoms with Crippen LogP contribution in [0.15, 0.2) is 36.5 Å². The number of aryl methyl sites for hydroxylation is 1. The van der Waals surface area contributed by atoms with Gasteiger partial charge in [-0.2, -0.15) is 13.2 Å². The number of rotatable bonds is 4. The van der Waals surface area contributed by atoms with Crippen LogP contribution < -0.4 is 10.1 Å². The van der Waals surface area contributed by atoms with Crippen LogP contribution in [0, 0.1) is 6.92 Å². The molecule has 6 heteroatoms. The maximum absolute atomic E-state index is 13.1. The van der Waals surface area contributed by atoms with Crippen LogP contribution in [-0.4, -0.2) is 12.0 Å². The molecule has 0 saturated carbocycles. The fourth-order valence-electron chi connectivity index (χ4n) is 1.84. The van der Waals surface area contributed by atoms with Gasteiger partial charge in [0, 0.05) is 12.2 Å². The second kappa shape index (κ2) is 6.13. The molecule has 0 amide bonds. The van der Waals surface area contributed by atoms with E-state index in [9.17, 15) is 13.2 Å². The van der Waals surface area contributed by atoms with Gasteiger partial charge in [-0.05, 0) is 43.8 Å². The molecule has 0 aliphatic heterocycles. The van der Waals surface area contributed by atoms with Crippen LogP contribution >= 0.6 is 0 Å². The van der Waals surface area contributed by atoms with Crippen LogP contribution in [0.5, 0.6) is 11.5 Å². The van der Waals surface area contributed by atoms with Crippen LogP contribution in [0.4, 0.5) is 13.2 Å². The number of hydrogen-bond donors (Lipinski definition) is 1. The third-order valence-electron chi connectivity index (χ3n) is 2.84. The van der Waals surface area contributed by atoms with E-state index in [1.54, 1.807) is 32.2 Å². The summed E-state index contributed by atoms with van der Waals surface area (Å²) in [6.45, 7) is 2.15. The Balaban J connectivity index is 2.35. The average Bonchev–Trinajstić information content (AvgIpc) is 2.42. The van der Waals surface area contributed by atoms with Crippen molar-refractivity contribution >= 4 is 0 Å². The minimum Gasteiger partial charge on any atom is -0.455 e. The number of ether oxygens (including phenoxy) is 1. The Kier molecular flexibility index (Phi) is 4.47. The summed E-state index contributed by atoms with van der Waals surface area (Å²) in [5.41, 5.74) is 0.512. The number of benzene rings is 1. The lowest BCUT2D eigenvalue weighted by Crippen LogP contribution is -2.10. The maximum atomic E-state index is 13.1.